The zero-order valence-electron chi connectivity index (χ0n) is 15.9. The lowest BCUT2D eigenvalue weighted by atomic mass is 9.79. The van der Waals surface area contributed by atoms with Gasteiger partial charge in [-0.05, 0) is 40.1 Å². The molecule has 1 aliphatic rings. The van der Waals surface area contributed by atoms with Crippen LogP contribution in [0.3, 0.4) is 0 Å². The molecule has 3 nitrogen and oxygen atoms in total. The fourth-order valence-corrected chi connectivity index (χ4v) is 4.93. The Balaban J connectivity index is 1.79. The van der Waals surface area contributed by atoms with Crippen molar-refractivity contribution in [1.29, 1.82) is 0 Å². The summed E-state index contributed by atoms with van der Waals surface area (Å²) in [6.45, 7) is 0. The van der Waals surface area contributed by atoms with Crippen molar-refractivity contribution in [3.05, 3.63) is 117 Å². The molecule has 5 aromatic rings. The van der Waals surface area contributed by atoms with E-state index in [0.717, 1.165) is 44.2 Å². The quantitative estimate of drug-likeness (QED) is 0.323. The van der Waals surface area contributed by atoms with Crippen LogP contribution in [0.4, 0.5) is 11.4 Å². The maximum absolute atomic E-state index is 13.4. The normalized spacial score (nSPS) is 14.9. The van der Waals surface area contributed by atoms with E-state index < -0.39 is 0 Å². The zero-order valence-corrected chi connectivity index (χ0v) is 16.7. The number of rotatable bonds is 1. The van der Waals surface area contributed by atoms with Gasteiger partial charge in [0.1, 0.15) is 0 Å². The summed E-state index contributed by atoms with van der Waals surface area (Å²) in [5.74, 6) is -0.274. The molecule has 0 saturated heterocycles. The van der Waals surface area contributed by atoms with Gasteiger partial charge in [-0.15, -0.1) is 0 Å². The second kappa shape index (κ2) is 6.48. The van der Waals surface area contributed by atoms with Gasteiger partial charge < -0.3 is 10.3 Å². The van der Waals surface area contributed by atoms with Gasteiger partial charge in [-0.1, -0.05) is 78.3 Å². The van der Waals surface area contributed by atoms with Crippen molar-refractivity contribution in [3.8, 4) is 0 Å². The van der Waals surface area contributed by atoms with Gasteiger partial charge in [-0.2, -0.15) is 0 Å². The lowest BCUT2D eigenvalue weighted by molar-refractivity contribution is 0.949. The molecule has 4 aromatic carbocycles. The first kappa shape index (κ1) is 17.3. The minimum Gasteiger partial charge on any atom is -0.354 e. The molecule has 0 aliphatic carbocycles. The Morgan fingerprint density at radius 1 is 0.733 bits per heavy atom. The van der Waals surface area contributed by atoms with E-state index in [1.807, 2.05) is 60.7 Å². The average molecular weight is 409 g/mol. The van der Waals surface area contributed by atoms with E-state index in [1.54, 1.807) is 0 Å². The van der Waals surface area contributed by atoms with Gasteiger partial charge in [0.15, 0.2) is 0 Å². The number of hydrogen-bond donors (Lipinski definition) is 2. The van der Waals surface area contributed by atoms with Crippen LogP contribution in [0.25, 0.3) is 21.7 Å². The fourth-order valence-electron chi connectivity index (χ4n) is 4.68. The van der Waals surface area contributed by atoms with Crippen LogP contribution >= 0.6 is 11.6 Å². The number of pyridine rings is 1. The Bertz CT molecular complexity index is 1520. The van der Waals surface area contributed by atoms with Crippen molar-refractivity contribution in [1.82, 2.24) is 4.98 Å². The molecule has 2 heterocycles. The first-order chi connectivity index (χ1) is 14.7. The molecule has 1 aliphatic heterocycles. The van der Waals surface area contributed by atoms with Crippen molar-refractivity contribution in [2.24, 2.45) is 0 Å². The van der Waals surface area contributed by atoms with Gasteiger partial charge in [0.2, 0.25) is 0 Å². The lowest BCUT2D eigenvalue weighted by Crippen LogP contribution is -2.25. The standard InChI is InChI=1S/C26H17ClN2O/c27-19-11-5-3-9-17(19)23-22-16-8-2-1-7-15(16)13-14-21(22)28-25-18-10-4-6-12-20(18)29-26(30)24(23)25/h1-14,23,28H,(H,29,30). The highest BCUT2D eigenvalue weighted by molar-refractivity contribution is 6.31. The van der Waals surface area contributed by atoms with Gasteiger partial charge in [0.25, 0.3) is 5.56 Å². The van der Waals surface area contributed by atoms with E-state index in [2.05, 4.69) is 34.6 Å². The number of hydrogen-bond acceptors (Lipinski definition) is 2. The van der Waals surface area contributed by atoms with Crippen LogP contribution in [0, 0.1) is 0 Å². The first-order valence-corrected chi connectivity index (χ1v) is 10.3. The number of fused-ring (bicyclic) bond motifs is 6. The predicted octanol–water partition coefficient (Wildman–Crippen LogP) is 6.57. The molecule has 0 amide bonds. The molecule has 1 atom stereocenters. The number of nitrogens with one attached hydrogen (secondary N) is 2. The molecule has 1 aromatic heterocycles. The Kier molecular flexibility index (Phi) is 3.74. The van der Waals surface area contributed by atoms with E-state index in [0.29, 0.717) is 10.6 Å². The molecule has 4 heteroatoms. The SMILES string of the molecule is O=c1[nH]c2ccccc2c2c1C(c1ccccc1Cl)c1c(ccc3ccccc13)N2. The number of benzene rings is 4. The topological polar surface area (TPSA) is 44.9 Å². The number of halogens is 1. The van der Waals surface area contributed by atoms with Crippen LogP contribution in [0.15, 0.2) is 89.7 Å². The zero-order chi connectivity index (χ0) is 20.2. The minimum atomic E-state index is -0.274. The molecular weight excluding hydrogens is 392 g/mol. The highest BCUT2D eigenvalue weighted by atomic mass is 35.5. The lowest BCUT2D eigenvalue weighted by Gasteiger charge is -2.31. The smallest absolute Gasteiger partial charge is 0.254 e. The van der Waals surface area contributed by atoms with Gasteiger partial charge in [0.05, 0.1) is 16.8 Å². The van der Waals surface area contributed by atoms with E-state index in [4.69, 9.17) is 11.6 Å². The monoisotopic (exact) mass is 408 g/mol. The predicted molar refractivity (Wildman–Crippen MR) is 124 cm³/mol. The van der Waals surface area contributed by atoms with E-state index in [-0.39, 0.29) is 11.5 Å². The van der Waals surface area contributed by atoms with E-state index in [1.165, 1.54) is 0 Å². The van der Waals surface area contributed by atoms with Crippen LogP contribution in [-0.4, -0.2) is 4.98 Å². The van der Waals surface area contributed by atoms with Crippen molar-refractivity contribution in [2.45, 2.75) is 5.92 Å². The van der Waals surface area contributed by atoms with Crippen LogP contribution in [0.5, 0.6) is 0 Å². The summed E-state index contributed by atoms with van der Waals surface area (Å²) in [4.78, 5) is 16.5. The first-order valence-electron chi connectivity index (χ1n) is 9.90. The molecular formula is C26H17ClN2O. The van der Waals surface area contributed by atoms with Gasteiger partial charge in [0, 0.05) is 22.0 Å². The van der Waals surface area contributed by atoms with Crippen molar-refractivity contribution >= 4 is 44.7 Å². The second-order valence-corrected chi connectivity index (χ2v) is 8.02. The largest absolute Gasteiger partial charge is 0.354 e. The molecule has 0 fully saturated rings. The number of anilines is 2. The van der Waals surface area contributed by atoms with E-state index >= 15 is 0 Å². The Labute approximate surface area is 178 Å². The van der Waals surface area contributed by atoms with Crippen LogP contribution in [-0.2, 0) is 0 Å². The summed E-state index contributed by atoms with van der Waals surface area (Å²) in [6, 6.07) is 28.2. The molecule has 30 heavy (non-hydrogen) atoms. The number of para-hydroxylation sites is 1. The van der Waals surface area contributed by atoms with Crippen LogP contribution in [0.1, 0.15) is 22.6 Å². The molecule has 6 rings (SSSR count). The fraction of sp³-hybridized carbons (Fsp3) is 0.0385. The summed E-state index contributed by atoms with van der Waals surface area (Å²) in [6.07, 6.45) is 0. The third kappa shape index (κ3) is 2.42. The number of H-pyrrole nitrogens is 1. The third-order valence-electron chi connectivity index (χ3n) is 5.98. The Hall–Kier alpha value is -3.56. The van der Waals surface area contributed by atoms with Gasteiger partial charge >= 0.3 is 0 Å². The number of aromatic amines is 1. The maximum Gasteiger partial charge on any atom is 0.254 e. The van der Waals surface area contributed by atoms with Crippen molar-refractivity contribution in [3.63, 3.8) is 0 Å². The summed E-state index contributed by atoms with van der Waals surface area (Å²) < 4.78 is 0. The highest BCUT2D eigenvalue weighted by Crippen LogP contribution is 2.49. The average Bonchev–Trinajstić information content (AvgIpc) is 2.78. The van der Waals surface area contributed by atoms with Crippen LogP contribution in [0.2, 0.25) is 5.02 Å². The molecule has 1 unspecified atom stereocenters. The minimum absolute atomic E-state index is 0.0975. The maximum atomic E-state index is 13.4. The van der Waals surface area contributed by atoms with Crippen molar-refractivity contribution in [2.75, 3.05) is 5.32 Å². The summed E-state index contributed by atoms with van der Waals surface area (Å²) in [5.41, 5.74) is 5.28. The molecule has 0 bridgehead atoms. The molecule has 144 valence electrons. The molecule has 2 N–H and O–H groups in total. The molecule has 0 radical (unpaired) electrons. The summed E-state index contributed by atoms with van der Waals surface area (Å²) >= 11 is 6.68. The number of aromatic nitrogens is 1. The highest BCUT2D eigenvalue weighted by Gasteiger charge is 2.33. The molecule has 0 spiro atoms. The van der Waals surface area contributed by atoms with Crippen molar-refractivity contribution < 1.29 is 0 Å². The Morgan fingerprint density at radius 3 is 2.33 bits per heavy atom. The van der Waals surface area contributed by atoms with E-state index in [9.17, 15) is 4.79 Å². The summed E-state index contributed by atoms with van der Waals surface area (Å²) in [7, 11) is 0. The second-order valence-electron chi connectivity index (χ2n) is 7.62. The Morgan fingerprint density at radius 2 is 1.47 bits per heavy atom. The summed E-state index contributed by atoms with van der Waals surface area (Å²) in [5, 5.41) is 7.47. The van der Waals surface area contributed by atoms with Crippen LogP contribution < -0.4 is 10.9 Å². The third-order valence-corrected chi connectivity index (χ3v) is 6.33. The van der Waals surface area contributed by atoms with Gasteiger partial charge in [-0.25, -0.2) is 0 Å². The van der Waals surface area contributed by atoms with Gasteiger partial charge in [-0.3, -0.25) is 4.79 Å². The molecule has 0 saturated carbocycles.